The number of hydrogen-bond donors (Lipinski definition) is 0. The van der Waals surface area contributed by atoms with Crippen LogP contribution in [0.15, 0.2) is 59.7 Å². The second-order valence-electron chi connectivity index (χ2n) is 7.40. The van der Waals surface area contributed by atoms with Crippen molar-refractivity contribution in [1.29, 1.82) is 0 Å². The zero-order valence-electron chi connectivity index (χ0n) is 17.6. The van der Waals surface area contributed by atoms with Crippen molar-refractivity contribution in [3.8, 4) is 0 Å². The number of alkyl halides is 3. The van der Waals surface area contributed by atoms with E-state index < -0.39 is 12.1 Å². The van der Waals surface area contributed by atoms with Crippen molar-refractivity contribution in [2.75, 3.05) is 0 Å². The molecule has 1 heterocycles. The Morgan fingerprint density at radius 2 is 1.66 bits per heavy atom. The van der Waals surface area contributed by atoms with Crippen molar-refractivity contribution >= 4 is 70.0 Å². The molecule has 0 saturated carbocycles. The summed E-state index contributed by atoms with van der Waals surface area (Å²) in [4.78, 5) is 7.89. The summed E-state index contributed by atoms with van der Waals surface area (Å²) in [6.45, 7) is 0.0234. The number of aromatic nitrogens is 1. The number of nitrogens with zero attached hydrogens (tertiary/aromatic N) is 2. The maximum atomic E-state index is 13.7. The van der Waals surface area contributed by atoms with Crippen LogP contribution in [0.25, 0.3) is 6.08 Å². The van der Waals surface area contributed by atoms with Gasteiger partial charge in [-0.2, -0.15) is 13.2 Å². The zero-order valence-corrected chi connectivity index (χ0v) is 21.4. The van der Waals surface area contributed by atoms with Crippen LogP contribution in [-0.4, -0.2) is 17.1 Å². The summed E-state index contributed by atoms with van der Waals surface area (Å²) in [5.74, 6) is -2.34. The van der Waals surface area contributed by atoms with Crippen LogP contribution >= 0.6 is 58.0 Å². The van der Waals surface area contributed by atoms with Crippen LogP contribution in [0.4, 0.5) is 13.2 Å². The van der Waals surface area contributed by atoms with E-state index in [-0.39, 0.29) is 44.5 Å². The van der Waals surface area contributed by atoms with Crippen molar-refractivity contribution < 1.29 is 18.3 Å². The number of hydrogen-bond acceptors (Lipinski definition) is 3. The van der Waals surface area contributed by atoms with Gasteiger partial charge in [-0.3, -0.25) is 0 Å². The van der Waals surface area contributed by atoms with Gasteiger partial charge in [0.05, 0.1) is 27.5 Å². The highest BCUT2D eigenvalue weighted by atomic mass is 35.5. The molecule has 0 aliphatic heterocycles. The summed E-state index contributed by atoms with van der Waals surface area (Å²) < 4.78 is 41.1. The molecule has 0 radical (unpaired) electrons. The van der Waals surface area contributed by atoms with Gasteiger partial charge in [0.25, 0.3) is 0 Å². The first kappa shape index (κ1) is 27.6. The number of halogens is 8. The van der Waals surface area contributed by atoms with E-state index in [1.54, 1.807) is 24.3 Å². The van der Waals surface area contributed by atoms with E-state index >= 15 is 0 Å². The van der Waals surface area contributed by atoms with Gasteiger partial charge in [-0.1, -0.05) is 88.4 Å². The van der Waals surface area contributed by atoms with E-state index in [4.69, 9.17) is 58.0 Å². The van der Waals surface area contributed by atoms with Gasteiger partial charge < -0.3 is 10.1 Å². The fraction of sp³-hybridized carbons (Fsp3) is 0.167. The van der Waals surface area contributed by atoms with Crippen LogP contribution in [0.1, 0.15) is 28.2 Å². The molecule has 0 bridgehead atoms. The summed E-state index contributed by atoms with van der Waals surface area (Å²) in [5.41, 5.74) is 1.49. The topological polar surface area (TPSA) is 48.3 Å². The molecule has 1 aromatic heterocycles. The van der Waals surface area contributed by atoms with Crippen molar-refractivity contribution in [3.05, 3.63) is 102 Å². The van der Waals surface area contributed by atoms with E-state index in [0.717, 1.165) is 18.2 Å². The summed E-state index contributed by atoms with van der Waals surface area (Å²) in [6, 6.07) is 10.2. The lowest BCUT2D eigenvalue weighted by atomic mass is 9.97. The minimum absolute atomic E-state index is 0.0157. The molecule has 3 nitrogen and oxygen atoms in total. The summed E-state index contributed by atoms with van der Waals surface area (Å²) in [7, 11) is 0. The molecule has 0 N–H and O–H groups in total. The third kappa shape index (κ3) is 7.76. The highest BCUT2D eigenvalue weighted by molar-refractivity contribution is 6.48. The van der Waals surface area contributed by atoms with Gasteiger partial charge in [0, 0.05) is 17.6 Å². The van der Waals surface area contributed by atoms with Crippen molar-refractivity contribution in [3.63, 3.8) is 0 Å². The lowest BCUT2D eigenvalue weighted by Gasteiger charge is -2.18. The average Bonchev–Trinajstić information content (AvgIpc) is 2.77. The Labute approximate surface area is 224 Å². The second-order valence-corrected chi connectivity index (χ2v) is 9.39. The number of pyridine rings is 1. The molecule has 0 spiro atoms. The third-order valence-corrected chi connectivity index (χ3v) is 6.62. The Hall–Kier alpha value is -1.96. The predicted molar refractivity (Wildman–Crippen MR) is 135 cm³/mol. The molecule has 0 saturated heterocycles. The molecule has 1 unspecified atom stereocenters. The smallest absolute Gasteiger partial charge is 0.399 e. The molecule has 0 fully saturated rings. The van der Waals surface area contributed by atoms with Crippen LogP contribution in [0, 0.1) is 0 Å². The zero-order chi connectivity index (χ0) is 25.8. The first-order valence-corrected chi connectivity index (χ1v) is 11.8. The first-order chi connectivity index (χ1) is 16.4. The predicted octanol–water partition coefficient (Wildman–Crippen LogP) is 8.21. The summed E-state index contributed by atoms with van der Waals surface area (Å²) in [5, 5.41) is 12.5. The number of rotatable bonds is 7. The monoisotopic (exact) mass is 579 g/mol. The Kier molecular flexibility index (Phi) is 9.35. The Morgan fingerprint density at radius 3 is 2.23 bits per heavy atom. The first-order valence-electron chi connectivity index (χ1n) is 9.92. The third-order valence-electron chi connectivity index (χ3n) is 4.85. The fourth-order valence-corrected chi connectivity index (χ4v) is 4.06. The lowest BCUT2D eigenvalue weighted by Crippen LogP contribution is -2.20. The minimum atomic E-state index is -4.60. The molecule has 0 amide bonds. The lowest BCUT2D eigenvalue weighted by molar-refractivity contribution is -0.218. The van der Waals surface area contributed by atoms with Gasteiger partial charge in [-0.15, -0.1) is 0 Å². The van der Waals surface area contributed by atoms with Crippen molar-refractivity contribution in [2.24, 2.45) is 4.99 Å². The summed E-state index contributed by atoms with van der Waals surface area (Å²) in [6.07, 6.45) is -0.779. The second kappa shape index (κ2) is 11.8. The van der Waals surface area contributed by atoms with Gasteiger partial charge in [0.15, 0.2) is 0 Å². The average molecular weight is 582 g/mol. The van der Waals surface area contributed by atoms with E-state index in [1.807, 2.05) is 0 Å². The number of benzene rings is 2. The normalized spacial score (nSPS) is 13.4. The van der Waals surface area contributed by atoms with Crippen LogP contribution in [0.3, 0.4) is 0 Å². The molecule has 3 rings (SSSR count). The van der Waals surface area contributed by atoms with Gasteiger partial charge in [-0.05, 0) is 52.4 Å². The molecule has 3 aromatic rings. The van der Waals surface area contributed by atoms with E-state index in [1.165, 1.54) is 18.3 Å². The van der Waals surface area contributed by atoms with Crippen molar-refractivity contribution in [1.82, 2.24) is 4.98 Å². The van der Waals surface area contributed by atoms with Crippen LogP contribution in [0.5, 0.6) is 0 Å². The number of allylic oxidation sites excluding steroid dienone is 1. The number of aliphatic imine (C=N–C) groups is 1. The molecular formula is C24H15Cl5F3N2O-. The SMILES string of the molecule is [O-]C(Cc1ccc(Cl)nc1)=NCc1ccc(/C=C/C(c2cc(Cl)c(Cl)c(Cl)c2)C(F)(F)F)cc1Cl. The van der Waals surface area contributed by atoms with Gasteiger partial charge in [-0.25, -0.2) is 4.98 Å². The maximum absolute atomic E-state index is 13.7. The van der Waals surface area contributed by atoms with Gasteiger partial charge in [0.1, 0.15) is 5.15 Å². The molecule has 0 aliphatic rings. The van der Waals surface area contributed by atoms with Crippen molar-refractivity contribution in [2.45, 2.75) is 25.1 Å². The Bertz CT molecular complexity index is 1240. The van der Waals surface area contributed by atoms with Crippen LogP contribution in [0.2, 0.25) is 25.2 Å². The van der Waals surface area contributed by atoms with E-state index in [2.05, 4.69) is 9.98 Å². The van der Waals surface area contributed by atoms with Crippen LogP contribution < -0.4 is 5.11 Å². The quantitative estimate of drug-likeness (QED) is 0.122. The Morgan fingerprint density at radius 1 is 0.971 bits per heavy atom. The highest BCUT2D eigenvalue weighted by Crippen LogP contribution is 2.41. The Balaban J connectivity index is 1.75. The molecule has 184 valence electrons. The fourth-order valence-electron chi connectivity index (χ4n) is 3.08. The molecular weight excluding hydrogens is 567 g/mol. The largest absolute Gasteiger partial charge is 0.862 e. The van der Waals surface area contributed by atoms with Gasteiger partial charge in [0.2, 0.25) is 0 Å². The highest BCUT2D eigenvalue weighted by Gasteiger charge is 2.39. The molecule has 0 aliphatic carbocycles. The van der Waals surface area contributed by atoms with Crippen LogP contribution in [-0.2, 0) is 13.0 Å². The molecule has 1 atom stereocenters. The standard InChI is InChI=1S/C24H16Cl5F3N2O/c25-18-7-13(1-4-15(18)12-34-22(35)8-14-3-6-21(28)33-11-14)2-5-17(24(30,31)32)16-9-19(26)23(29)20(27)10-16/h1-7,9-11,17H,8,12H2,(H,34,35)/p-1/b5-2+. The molecule has 35 heavy (non-hydrogen) atoms. The molecule has 11 heteroatoms. The van der Waals surface area contributed by atoms with E-state index in [0.29, 0.717) is 21.8 Å². The maximum Gasteiger partial charge on any atom is 0.399 e. The summed E-state index contributed by atoms with van der Waals surface area (Å²) >= 11 is 29.7. The van der Waals surface area contributed by atoms with Gasteiger partial charge >= 0.3 is 6.18 Å². The van der Waals surface area contributed by atoms with E-state index in [9.17, 15) is 18.3 Å². The minimum Gasteiger partial charge on any atom is -0.862 e. The molecule has 2 aromatic carbocycles.